The van der Waals surface area contributed by atoms with Gasteiger partial charge in [-0.25, -0.2) is 9.18 Å². The molecular weight excluding hydrogens is 233 g/mol. The maximum Gasteiger partial charge on any atom is 0.338 e. The summed E-state index contributed by atoms with van der Waals surface area (Å²) in [6.07, 6.45) is 1.81. The number of carbonyl (C=O) groups is 1. The number of esters is 1. The van der Waals surface area contributed by atoms with Crippen LogP contribution in [0.2, 0.25) is 0 Å². The fourth-order valence-corrected chi connectivity index (χ4v) is 2.47. The lowest BCUT2D eigenvalue weighted by Crippen LogP contribution is -2.27. The van der Waals surface area contributed by atoms with Gasteiger partial charge in [0.2, 0.25) is 0 Å². The van der Waals surface area contributed by atoms with Crippen LogP contribution in [0.3, 0.4) is 0 Å². The molecule has 0 radical (unpaired) electrons. The van der Waals surface area contributed by atoms with Crippen LogP contribution in [0, 0.1) is 12.7 Å². The molecule has 18 heavy (non-hydrogen) atoms. The van der Waals surface area contributed by atoms with Crippen LogP contribution in [0.4, 0.5) is 4.39 Å². The number of ether oxygens (including phenoxy) is 1. The molecule has 1 aliphatic rings. The van der Waals surface area contributed by atoms with Crippen LogP contribution in [0.1, 0.15) is 40.2 Å². The van der Waals surface area contributed by atoms with Gasteiger partial charge in [0.1, 0.15) is 5.82 Å². The monoisotopic (exact) mass is 251 g/mol. The van der Waals surface area contributed by atoms with Crippen LogP contribution in [-0.4, -0.2) is 26.2 Å². The van der Waals surface area contributed by atoms with Crippen molar-refractivity contribution in [2.45, 2.75) is 25.7 Å². The molecule has 0 aromatic heterocycles. The summed E-state index contributed by atoms with van der Waals surface area (Å²) in [7, 11) is 1.34. The summed E-state index contributed by atoms with van der Waals surface area (Å²) >= 11 is 0. The van der Waals surface area contributed by atoms with Crippen LogP contribution < -0.4 is 5.32 Å². The van der Waals surface area contributed by atoms with Crippen LogP contribution in [0.5, 0.6) is 0 Å². The number of halogens is 1. The van der Waals surface area contributed by atoms with Gasteiger partial charge >= 0.3 is 5.97 Å². The number of hydrogen-bond acceptors (Lipinski definition) is 3. The highest BCUT2D eigenvalue weighted by Crippen LogP contribution is 2.29. The molecule has 1 aromatic carbocycles. The third kappa shape index (κ3) is 2.53. The van der Waals surface area contributed by atoms with Crippen LogP contribution in [0.15, 0.2) is 12.1 Å². The summed E-state index contributed by atoms with van der Waals surface area (Å²) < 4.78 is 18.7. The van der Waals surface area contributed by atoms with Gasteiger partial charge in [-0.2, -0.15) is 0 Å². The van der Waals surface area contributed by atoms with E-state index in [2.05, 4.69) is 5.32 Å². The Balaban J connectivity index is 2.37. The lowest BCUT2D eigenvalue weighted by atomic mass is 9.88. The number of aryl methyl sites for hydroxylation is 1. The molecule has 2 rings (SSSR count). The Bertz CT molecular complexity index is 453. The van der Waals surface area contributed by atoms with Crippen molar-refractivity contribution in [3.63, 3.8) is 0 Å². The average molecular weight is 251 g/mol. The number of hydrogen-bond donors (Lipinski definition) is 1. The molecule has 1 heterocycles. The van der Waals surface area contributed by atoms with Crippen molar-refractivity contribution < 1.29 is 13.9 Å². The van der Waals surface area contributed by atoms with E-state index in [-0.39, 0.29) is 11.7 Å². The van der Waals surface area contributed by atoms with Crippen molar-refractivity contribution in [3.05, 3.63) is 34.6 Å². The number of benzene rings is 1. The second-order valence-corrected chi connectivity index (χ2v) is 4.70. The second kappa shape index (κ2) is 5.48. The Morgan fingerprint density at radius 1 is 1.39 bits per heavy atom. The van der Waals surface area contributed by atoms with E-state index < -0.39 is 5.97 Å². The molecular formula is C14H18FNO2. The predicted molar refractivity (Wildman–Crippen MR) is 67.3 cm³/mol. The summed E-state index contributed by atoms with van der Waals surface area (Å²) in [5.74, 6) is -0.426. The van der Waals surface area contributed by atoms with Gasteiger partial charge in [-0.1, -0.05) is 0 Å². The molecule has 0 unspecified atom stereocenters. The first-order chi connectivity index (χ1) is 8.63. The Hall–Kier alpha value is -1.42. The maximum atomic E-state index is 14.0. The van der Waals surface area contributed by atoms with Gasteiger partial charge in [-0.05, 0) is 62.0 Å². The molecule has 98 valence electrons. The van der Waals surface area contributed by atoms with E-state index in [1.54, 1.807) is 13.0 Å². The average Bonchev–Trinajstić information content (AvgIpc) is 2.39. The Labute approximate surface area is 106 Å². The van der Waals surface area contributed by atoms with E-state index in [9.17, 15) is 9.18 Å². The summed E-state index contributed by atoms with van der Waals surface area (Å²) in [5, 5.41) is 3.25. The molecule has 1 aliphatic heterocycles. The number of piperidine rings is 1. The lowest BCUT2D eigenvalue weighted by molar-refractivity contribution is 0.0599. The lowest BCUT2D eigenvalue weighted by Gasteiger charge is -2.24. The molecule has 1 saturated heterocycles. The molecule has 0 aliphatic carbocycles. The van der Waals surface area contributed by atoms with Gasteiger partial charge in [0.25, 0.3) is 0 Å². The molecule has 1 fully saturated rings. The zero-order chi connectivity index (χ0) is 13.1. The number of carbonyl (C=O) groups excluding carboxylic acids is 1. The minimum atomic E-state index is -0.400. The van der Waals surface area contributed by atoms with Crippen molar-refractivity contribution in [2.24, 2.45) is 0 Å². The Morgan fingerprint density at radius 3 is 2.67 bits per heavy atom. The number of nitrogens with one attached hydrogen (secondary N) is 1. The van der Waals surface area contributed by atoms with Crippen LogP contribution in [0.25, 0.3) is 0 Å². The summed E-state index contributed by atoms with van der Waals surface area (Å²) in [4.78, 5) is 11.6. The SMILES string of the molecule is COC(=O)c1cc(C2CCNCC2)c(F)cc1C. The van der Waals surface area contributed by atoms with E-state index in [1.165, 1.54) is 13.2 Å². The van der Waals surface area contributed by atoms with Gasteiger partial charge in [0.05, 0.1) is 12.7 Å². The zero-order valence-corrected chi connectivity index (χ0v) is 10.8. The molecule has 4 heteroatoms. The smallest absolute Gasteiger partial charge is 0.338 e. The first-order valence-corrected chi connectivity index (χ1v) is 6.22. The van der Waals surface area contributed by atoms with Crippen LogP contribution >= 0.6 is 0 Å². The third-order valence-electron chi connectivity index (χ3n) is 3.53. The minimum absolute atomic E-state index is 0.190. The normalized spacial score (nSPS) is 16.6. The van der Waals surface area contributed by atoms with Crippen molar-refractivity contribution >= 4 is 5.97 Å². The molecule has 0 saturated carbocycles. The Kier molecular flexibility index (Phi) is 3.97. The topological polar surface area (TPSA) is 38.3 Å². The molecule has 1 N–H and O–H groups in total. The highest BCUT2D eigenvalue weighted by molar-refractivity contribution is 5.91. The standard InChI is InChI=1S/C14H18FNO2/c1-9-7-13(15)12(8-11(9)14(17)18-2)10-3-5-16-6-4-10/h7-8,10,16H,3-6H2,1-2H3. The fourth-order valence-electron chi connectivity index (χ4n) is 2.47. The first kappa shape index (κ1) is 13.0. The van der Waals surface area contributed by atoms with Crippen LogP contribution in [-0.2, 0) is 4.74 Å². The minimum Gasteiger partial charge on any atom is -0.465 e. The molecule has 0 bridgehead atoms. The summed E-state index contributed by atoms with van der Waals surface area (Å²) in [6.45, 7) is 3.51. The van der Waals surface area contributed by atoms with Crippen molar-refractivity contribution in [2.75, 3.05) is 20.2 Å². The van der Waals surface area contributed by atoms with Gasteiger partial charge in [0.15, 0.2) is 0 Å². The highest BCUT2D eigenvalue weighted by Gasteiger charge is 2.21. The van der Waals surface area contributed by atoms with Crippen molar-refractivity contribution in [1.82, 2.24) is 5.32 Å². The summed E-state index contributed by atoms with van der Waals surface area (Å²) in [5.41, 5.74) is 1.73. The zero-order valence-electron chi connectivity index (χ0n) is 10.8. The quantitative estimate of drug-likeness (QED) is 0.820. The number of rotatable bonds is 2. The number of methoxy groups -OCH3 is 1. The fraction of sp³-hybridized carbons (Fsp3) is 0.500. The van der Waals surface area contributed by atoms with E-state index in [4.69, 9.17) is 4.74 Å². The third-order valence-corrected chi connectivity index (χ3v) is 3.53. The van der Waals surface area contributed by atoms with Gasteiger partial charge in [-0.15, -0.1) is 0 Å². The molecule has 0 amide bonds. The van der Waals surface area contributed by atoms with Gasteiger partial charge in [0, 0.05) is 0 Å². The predicted octanol–water partition coefficient (Wildman–Crippen LogP) is 2.39. The maximum absolute atomic E-state index is 14.0. The molecule has 0 atom stereocenters. The van der Waals surface area contributed by atoms with E-state index >= 15 is 0 Å². The molecule has 0 spiro atoms. The summed E-state index contributed by atoms with van der Waals surface area (Å²) in [6, 6.07) is 3.09. The van der Waals surface area contributed by atoms with E-state index in [1.807, 2.05) is 0 Å². The highest BCUT2D eigenvalue weighted by atomic mass is 19.1. The van der Waals surface area contributed by atoms with Gasteiger partial charge in [-0.3, -0.25) is 0 Å². The Morgan fingerprint density at radius 2 is 2.06 bits per heavy atom. The van der Waals surface area contributed by atoms with Crippen molar-refractivity contribution in [1.29, 1.82) is 0 Å². The molecule has 3 nitrogen and oxygen atoms in total. The van der Waals surface area contributed by atoms with E-state index in [0.717, 1.165) is 25.9 Å². The van der Waals surface area contributed by atoms with Gasteiger partial charge < -0.3 is 10.1 Å². The van der Waals surface area contributed by atoms with E-state index in [0.29, 0.717) is 16.7 Å². The first-order valence-electron chi connectivity index (χ1n) is 6.22. The van der Waals surface area contributed by atoms with Crippen molar-refractivity contribution in [3.8, 4) is 0 Å². The largest absolute Gasteiger partial charge is 0.465 e. The molecule has 1 aromatic rings. The second-order valence-electron chi connectivity index (χ2n) is 4.70.